The normalized spacial score (nSPS) is 13.9. The van der Waals surface area contributed by atoms with E-state index >= 15 is 0 Å². The van der Waals surface area contributed by atoms with Crippen LogP contribution >= 0.6 is 17.1 Å². The minimum Gasteiger partial charge on any atom is -0.825 e. The fourth-order valence-corrected chi connectivity index (χ4v) is 5.46. The van der Waals surface area contributed by atoms with E-state index in [9.17, 15) is 9.79 Å². The molecular formula is C11H23O2PS2Zn. The van der Waals surface area contributed by atoms with E-state index in [1.54, 1.807) is 0 Å². The molecule has 0 aromatic carbocycles. The predicted molar refractivity (Wildman–Crippen MR) is 73.8 cm³/mol. The topological polar surface area (TPSA) is 46.1 Å². The van der Waals surface area contributed by atoms with E-state index < -0.39 is 5.69 Å². The van der Waals surface area contributed by atoms with E-state index in [4.69, 9.17) is 0 Å². The molecule has 0 aliphatic carbocycles. The summed E-state index contributed by atoms with van der Waals surface area (Å²) in [6, 6.07) is 0. The molecule has 1 atom stereocenters. The van der Waals surface area contributed by atoms with E-state index in [0.717, 1.165) is 30.1 Å². The van der Waals surface area contributed by atoms with Crippen molar-refractivity contribution in [3.63, 3.8) is 0 Å². The molecule has 0 aromatic rings. The minimum atomic E-state index is -3.59. The van der Waals surface area contributed by atoms with Crippen LogP contribution in [-0.4, -0.2) is 5.25 Å². The van der Waals surface area contributed by atoms with Gasteiger partial charge in [0.25, 0.3) is 0 Å². The van der Waals surface area contributed by atoms with Crippen molar-refractivity contribution in [2.24, 2.45) is 11.8 Å². The van der Waals surface area contributed by atoms with Crippen molar-refractivity contribution in [3.8, 4) is 0 Å². The second-order valence-corrected chi connectivity index (χ2v) is 10.9. The Morgan fingerprint density at radius 3 is 1.88 bits per heavy atom. The molecule has 0 heterocycles. The van der Waals surface area contributed by atoms with Gasteiger partial charge in [-0.2, -0.15) is 17.1 Å². The van der Waals surface area contributed by atoms with Gasteiger partial charge in [0.1, 0.15) is 0 Å². The molecule has 1 unspecified atom stereocenters. The van der Waals surface area contributed by atoms with Gasteiger partial charge in [-0.1, -0.05) is 47.0 Å². The van der Waals surface area contributed by atoms with Crippen LogP contribution in [0.4, 0.5) is 0 Å². The molecular weight excluding hydrogens is 325 g/mol. The summed E-state index contributed by atoms with van der Waals surface area (Å²) in [6.07, 6.45) is 4.46. The first-order chi connectivity index (χ1) is 7.22. The maximum Gasteiger partial charge on any atom is 2.00 e. The average Bonchev–Trinajstić information content (AvgIpc) is 2.07. The van der Waals surface area contributed by atoms with Crippen LogP contribution in [0.3, 0.4) is 0 Å². The second kappa shape index (κ2) is 10.3. The Bertz CT molecular complexity index is 232. The maximum absolute atomic E-state index is 11.1. The van der Waals surface area contributed by atoms with Crippen LogP contribution in [0.2, 0.25) is 0 Å². The van der Waals surface area contributed by atoms with Crippen molar-refractivity contribution in [3.05, 3.63) is 0 Å². The van der Waals surface area contributed by atoms with Gasteiger partial charge in [0, 0.05) is 5.25 Å². The van der Waals surface area contributed by atoms with Gasteiger partial charge in [-0.15, -0.1) is 11.8 Å². The Kier molecular flexibility index (Phi) is 12.7. The van der Waals surface area contributed by atoms with Gasteiger partial charge in [0.2, 0.25) is 0 Å². The number of unbranched alkanes of at least 4 members (excludes halogenated alkanes) is 1. The van der Waals surface area contributed by atoms with Gasteiger partial charge in [0.15, 0.2) is 0 Å². The molecule has 0 spiro atoms. The average molecular weight is 348 g/mol. The monoisotopic (exact) mass is 346 g/mol. The summed E-state index contributed by atoms with van der Waals surface area (Å²) < 4.78 is 0. The summed E-state index contributed by atoms with van der Waals surface area (Å²) in [6.45, 7) is 8.55. The fraction of sp³-hybridized carbons (Fsp3) is 1.00. The molecule has 0 aliphatic rings. The van der Waals surface area contributed by atoms with Gasteiger partial charge in [-0.25, -0.2) is 0 Å². The Hall–Kier alpha value is 1.54. The van der Waals surface area contributed by atoms with Crippen LogP contribution in [0, 0.1) is 11.8 Å². The number of rotatable bonds is 8. The van der Waals surface area contributed by atoms with Crippen molar-refractivity contribution < 1.29 is 29.3 Å². The minimum absolute atomic E-state index is 0. The quantitative estimate of drug-likeness (QED) is 0.385. The van der Waals surface area contributed by atoms with Crippen LogP contribution in [0.1, 0.15) is 53.4 Å². The molecule has 0 saturated carbocycles. The fourth-order valence-electron chi connectivity index (χ4n) is 1.57. The third-order valence-corrected chi connectivity index (χ3v) is 6.20. The number of hydrogen-bond acceptors (Lipinski definition) is 4. The summed E-state index contributed by atoms with van der Waals surface area (Å²) in [7, 11) is 0. The summed E-state index contributed by atoms with van der Waals surface area (Å²) in [5, 5.41) is 0.160. The van der Waals surface area contributed by atoms with E-state index in [1.165, 1.54) is 12.8 Å². The molecule has 0 bridgehead atoms. The van der Waals surface area contributed by atoms with Gasteiger partial charge in [-0.05, 0) is 18.3 Å². The first-order valence-corrected chi connectivity index (χ1v) is 10.0. The molecule has 0 radical (unpaired) electrons. The van der Waals surface area contributed by atoms with Crippen molar-refractivity contribution in [1.29, 1.82) is 0 Å². The first-order valence-electron chi connectivity index (χ1n) is 5.93. The molecule has 0 amide bonds. The molecule has 98 valence electrons. The summed E-state index contributed by atoms with van der Waals surface area (Å²) >= 11 is 5.45. The standard InChI is InChI=1S/C11H25O2PS2.Zn/c1-9(2)7-5-6-8-11(10(3)4)16-14(12,13)15;/h9-11H,5-8H2,1-4H3,(H2,12,13,15);/q;+2/p-2. The zero-order chi connectivity index (χ0) is 12.8. The summed E-state index contributed by atoms with van der Waals surface area (Å²) in [4.78, 5) is 22.2. The van der Waals surface area contributed by atoms with Crippen molar-refractivity contribution in [2.75, 3.05) is 0 Å². The van der Waals surface area contributed by atoms with E-state index in [1.807, 2.05) is 0 Å². The van der Waals surface area contributed by atoms with Crippen molar-refractivity contribution in [2.45, 2.75) is 58.6 Å². The third-order valence-electron chi connectivity index (χ3n) is 2.53. The van der Waals surface area contributed by atoms with Crippen LogP contribution in [0.15, 0.2) is 0 Å². The Morgan fingerprint density at radius 1 is 1.06 bits per heavy atom. The Morgan fingerprint density at radius 2 is 1.53 bits per heavy atom. The van der Waals surface area contributed by atoms with Crippen LogP contribution in [-0.2, 0) is 31.3 Å². The second-order valence-electron chi connectivity index (χ2n) is 5.01. The molecule has 0 fully saturated rings. The number of hydrogen-bond donors (Lipinski definition) is 0. The Balaban J connectivity index is 0. The van der Waals surface area contributed by atoms with E-state index in [-0.39, 0.29) is 24.7 Å². The Labute approximate surface area is 128 Å². The summed E-state index contributed by atoms with van der Waals surface area (Å²) in [5.74, 6) is 1.10. The predicted octanol–water partition coefficient (Wildman–Crippen LogP) is 2.90. The maximum atomic E-state index is 11.1. The van der Waals surface area contributed by atoms with Gasteiger partial charge < -0.3 is 9.79 Å². The van der Waals surface area contributed by atoms with Gasteiger partial charge >= 0.3 is 19.5 Å². The van der Waals surface area contributed by atoms with Crippen LogP contribution < -0.4 is 9.79 Å². The summed E-state index contributed by atoms with van der Waals surface area (Å²) in [5.41, 5.74) is -3.59. The van der Waals surface area contributed by atoms with Gasteiger partial charge in [0.05, 0.1) is 0 Å². The third kappa shape index (κ3) is 13.8. The molecule has 0 aliphatic heterocycles. The van der Waals surface area contributed by atoms with Crippen LogP contribution in [0.25, 0.3) is 0 Å². The van der Waals surface area contributed by atoms with E-state index in [0.29, 0.717) is 5.92 Å². The smallest absolute Gasteiger partial charge is 0.825 e. The molecule has 6 heteroatoms. The SMILES string of the molecule is CC(C)CCCCC(SP([O-])([O-])=S)C(C)C.[Zn+2]. The zero-order valence-corrected chi connectivity index (χ0v) is 16.8. The van der Waals surface area contributed by atoms with Crippen LogP contribution in [0.5, 0.6) is 0 Å². The molecule has 0 aromatic heterocycles. The molecule has 0 rings (SSSR count). The van der Waals surface area contributed by atoms with Crippen molar-refractivity contribution >= 4 is 28.9 Å². The van der Waals surface area contributed by atoms with E-state index in [2.05, 4.69) is 39.5 Å². The molecule has 0 N–H and O–H groups in total. The largest absolute Gasteiger partial charge is 2.00 e. The van der Waals surface area contributed by atoms with Gasteiger partial charge in [-0.3, -0.25) is 0 Å². The molecule has 2 nitrogen and oxygen atoms in total. The van der Waals surface area contributed by atoms with Crippen molar-refractivity contribution in [1.82, 2.24) is 0 Å². The molecule has 17 heavy (non-hydrogen) atoms. The molecule has 0 saturated heterocycles. The first kappa shape index (κ1) is 20.9. The zero-order valence-electron chi connectivity index (χ0n) is 11.3.